The van der Waals surface area contributed by atoms with Gasteiger partial charge < -0.3 is 10.6 Å². The number of nitrogen functional groups attached to an aromatic ring is 1. The van der Waals surface area contributed by atoms with Gasteiger partial charge in [-0.1, -0.05) is 17.7 Å². The zero-order valence-electron chi connectivity index (χ0n) is 9.10. The van der Waals surface area contributed by atoms with Crippen LogP contribution in [0.1, 0.15) is 5.56 Å². The molecule has 2 aromatic rings. The molecule has 1 aromatic heterocycles. The summed E-state index contributed by atoms with van der Waals surface area (Å²) in [6, 6.07) is 7.79. The van der Waals surface area contributed by atoms with Crippen LogP contribution in [0.3, 0.4) is 0 Å². The van der Waals surface area contributed by atoms with Gasteiger partial charge in [-0.2, -0.15) is 4.98 Å². The van der Waals surface area contributed by atoms with E-state index in [0.717, 1.165) is 29.5 Å². The quantitative estimate of drug-likeness (QED) is 0.840. The minimum Gasteiger partial charge on any atom is -0.368 e. The van der Waals surface area contributed by atoms with E-state index in [4.69, 9.17) is 17.3 Å². The van der Waals surface area contributed by atoms with Crippen LogP contribution >= 0.6 is 11.6 Å². The van der Waals surface area contributed by atoms with Gasteiger partial charge in [0, 0.05) is 23.5 Å². The molecule has 0 saturated heterocycles. The predicted octanol–water partition coefficient (Wildman–Crippen LogP) is 2.41. The van der Waals surface area contributed by atoms with E-state index in [9.17, 15) is 0 Å². The van der Waals surface area contributed by atoms with E-state index in [1.54, 1.807) is 6.20 Å². The van der Waals surface area contributed by atoms with Gasteiger partial charge in [-0.25, -0.2) is 4.98 Å². The summed E-state index contributed by atoms with van der Waals surface area (Å²) in [4.78, 5) is 10.2. The Bertz CT molecular complexity index is 570. The summed E-state index contributed by atoms with van der Waals surface area (Å²) in [5.41, 5.74) is 7.99. The molecule has 17 heavy (non-hydrogen) atoms. The van der Waals surface area contributed by atoms with Gasteiger partial charge in [-0.05, 0) is 30.2 Å². The molecule has 2 heterocycles. The fourth-order valence-electron chi connectivity index (χ4n) is 2.10. The second-order valence-electron chi connectivity index (χ2n) is 3.95. The van der Waals surface area contributed by atoms with Crippen LogP contribution in [0.2, 0.25) is 5.02 Å². The van der Waals surface area contributed by atoms with Gasteiger partial charge in [0.1, 0.15) is 5.82 Å². The van der Waals surface area contributed by atoms with E-state index in [-0.39, 0.29) is 5.95 Å². The molecule has 0 bridgehead atoms. The van der Waals surface area contributed by atoms with E-state index in [1.165, 1.54) is 5.56 Å². The molecule has 0 radical (unpaired) electrons. The van der Waals surface area contributed by atoms with Gasteiger partial charge in [0.2, 0.25) is 5.95 Å². The number of halogens is 1. The molecule has 0 amide bonds. The molecular weight excluding hydrogens is 236 g/mol. The topological polar surface area (TPSA) is 55.0 Å². The van der Waals surface area contributed by atoms with Gasteiger partial charge in [-0.15, -0.1) is 0 Å². The summed E-state index contributed by atoms with van der Waals surface area (Å²) in [5.74, 6) is 1.11. The highest BCUT2D eigenvalue weighted by molar-refractivity contribution is 6.30. The molecule has 0 atom stereocenters. The summed E-state index contributed by atoms with van der Waals surface area (Å²) >= 11 is 6.02. The molecule has 0 spiro atoms. The largest absolute Gasteiger partial charge is 0.368 e. The monoisotopic (exact) mass is 246 g/mol. The van der Waals surface area contributed by atoms with Gasteiger partial charge in [0.25, 0.3) is 0 Å². The normalized spacial score (nSPS) is 13.8. The van der Waals surface area contributed by atoms with E-state index >= 15 is 0 Å². The Morgan fingerprint density at radius 2 is 2.18 bits per heavy atom. The summed E-state index contributed by atoms with van der Waals surface area (Å²) in [7, 11) is 0. The number of hydrogen-bond donors (Lipinski definition) is 1. The number of anilines is 3. The maximum Gasteiger partial charge on any atom is 0.221 e. The van der Waals surface area contributed by atoms with Crippen LogP contribution in [0.5, 0.6) is 0 Å². The Labute approximate surface area is 104 Å². The molecule has 86 valence electrons. The highest BCUT2D eigenvalue weighted by Gasteiger charge is 2.21. The smallest absolute Gasteiger partial charge is 0.221 e. The molecule has 2 N–H and O–H groups in total. The van der Waals surface area contributed by atoms with E-state index in [1.807, 2.05) is 18.2 Å². The Kier molecular flexibility index (Phi) is 2.37. The molecular formula is C12H11ClN4. The van der Waals surface area contributed by atoms with Crippen LogP contribution in [0.4, 0.5) is 17.5 Å². The van der Waals surface area contributed by atoms with Crippen LogP contribution in [-0.2, 0) is 6.42 Å². The van der Waals surface area contributed by atoms with Crippen molar-refractivity contribution in [3.63, 3.8) is 0 Å². The minimum absolute atomic E-state index is 0.290. The third-order valence-electron chi connectivity index (χ3n) is 2.88. The molecule has 4 nitrogen and oxygen atoms in total. The van der Waals surface area contributed by atoms with Gasteiger partial charge in [-0.3, -0.25) is 0 Å². The first kappa shape index (κ1) is 10.4. The zero-order chi connectivity index (χ0) is 11.8. The van der Waals surface area contributed by atoms with E-state index in [0.29, 0.717) is 0 Å². The average Bonchev–Trinajstić information content (AvgIpc) is 2.71. The lowest BCUT2D eigenvalue weighted by Gasteiger charge is -2.18. The molecule has 0 saturated carbocycles. The number of nitrogens with zero attached hydrogens (tertiary/aromatic N) is 3. The highest BCUT2D eigenvalue weighted by Crippen LogP contribution is 2.35. The zero-order valence-corrected chi connectivity index (χ0v) is 9.85. The number of rotatable bonds is 1. The third kappa shape index (κ3) is 1.80. The van der Waals surface area contributed by atoms with E-state index < -0.39 is 0 Å². The number of benzene rings is 1. The van der Waals surface area contributed by atoms with Crippen molar-refractivity contribution in [1.29, 1.82) is 0 Å². The molecule has 5 heteroatoms. The molecule has 3 rings (SSSR count). The van der Waals surface area contributed by atoms with Crippen molar-refractivity contribution in [2.75, 3.05) is 17.2 Å². The molecule has 1 aliphatic rings. The van der Waals surface area contributed by atoms with Crippen molar-refractivity contribution < 1.29 is 0 Å². The number of nitrogens with two attached hydrogens (primary N) is 1. The molecule has 0 unspecified atom stereocenters. The second-order valence-corrected chi connectivity index (χ2v) is 4.38. The van der Waals surface area contributed by atoms with Crippen molar-refractivity contribution in [1.82, 2.24) is 9.97 Å². The van der Waals surface area contributed by atoms with Crippen molar-refractivity contribution in [2.45, 2.75) is 6.42 Å². The lowest BCUT2D eigenvalue weighted by molar-refractivity contribution is 0.968. The van der Waals surface area contributed by atoms with Gasteiger partial charge in [0.05, 0.1) is 0 Å². The molecule has 1 aromatic carbocycles. The van der Waals surface area contributed by atoms with Crippen LogP contribution in [0, 0.1) is 0 Å². The summed E-state index contributed by atoms with van der Waals surface area (Å²) in [6.07, 6.45) is 2.66. The lowest BCUT2D eigenvalue weighted by Crippen LogP contribution is -2.15. The van der Waals surface area contributed by atoms with Crippen molar-refractivity contribution in [3.8, 4) is 0 Å². The van der Waals surface area contributed by atoms with Gasteiger partial charge in [0.15, 0.2) is 0 Å². The first-order valence-electron chi connectivity index (χ1n) is 5.38. The van der Waals surface area contributed by atoms with Crippen LogP contribution < -0.4 is 10.6 Å². The summed E-state index contributed by atoms with van der Waals surface area (Å²) in [5, 5.41) is 0.734. The fourth-order valence-corrected chi connectivity index (χ4v) is 2.27. The maximum atomic E-state index is 6.02. The second kappa shape index (κ2) is 3.89. The van der Waals surface area contributed by atoms with Crippen LogP contribution in [0.25, 0.3) is 0 Å². The molecule has 0 aliphatic carbocycles. The predicted molar refractivity (Wildman–Crippen MR) is 68.6 cm³/mol. The summed E-state index contributed by atoms with van der Waals surface area (Å²) < 4.78 is 0. The highest BCUT2D eigenvalue weighted by atomic mass is 35.5. The Hall–Kier alpha value is -1.81. The van der Waals surface area contributed by atoms with Crippen molar-refractivity contribution in [3.05, 3.63) is 41.0 Å². The number of fused-ring (bicyclic) bond motifs is 1. The van der Waals surface area contributed by atoms with Crippen molar-refractivity contribution >= 4 is 29.1 Å². The fraction of sp³-hybridized carbons (Fsp3) is 0.167. The third-order valence-corrected chi connectivity index (χ3v) is 3.11. The molecule has 1 aliphatic heterocycles. The SMILES string of the molecule is Nc1nccc(N2CCc3ccc(Cl)cc32)n1. The first-order chi connectivity index (χ1) is 8.24. The Morgan fingerprint density at radius 3 is 3.00 bits per heavy atom. The molecule has 0 fully saturated rings. The van der Waals surface area contributed by atoms with Crippen LogP contribution in [0.15, 0.2) is 30.5 Å². The first-order valence-corrected chi connectivity index (χ1v) is 5.76. The van der Waals surface area contributed by atoms with Crippen LogP contribution in [-0.4, -0.2) is 16.5 Å². The van der Waals surface area contributed by atoms with Crippen molar-refractivity contribution in [2.24, 2.45) is 0 Å². The Balaban J connectivity index is 2.06. The van der Waals surface area contributed by atoms with E-state index in [2.05, 4.69) is 20.9 Å². The average molecular weight is 247 g/mol. The maximum absolute atomic E-state index is 6.02. The minimum atomic E-state index is 0.290. The standard InChI is InChI=1S/C12H11ClN4/c13-9-2-1-8-4-6-17(10(8)7-9)11-3-5-15-12(14)16-11/h1-3,5,7H,4,6H2,(H2,14,15,16). The lowest BCUT2D eigenvalue weighted by atomic mass is 10.2. The number of hydrogen-bond acceptors (Lipinski definition) is 4. The van der Waals surface area contributed by atoms with Gasteiger partial charge >= 0.3 is 0 Å². The Morgan fingerprint density at radius 1 is 1.29 bits per heavy atom. The summed E-state index contributed by atoms with van der Waals surface area (Å²) in [6.45, 7) is 0.895. The number of aromatic nitrogens is 2.